The summed E-state index contributed by atoms with van der Waals surface area (Å²) in [7, 11) is 0. The number of hydrogen-bond donors (Lipinski definition) is 0. The Morgan fingerprint density at radius 3 is 1.61 bits per heavy atom. The number of aromatic nitrogens is 1. The van der Waals surface area contributed by atoms with Gasteiger partial charge in [-0.3, -0.25) is 0 Å². The predicted octanol–water partition coefficient (Wildman–Crippen LogP) is 16.6. The average Bonchev–Trinajstić information content (AvgIpc) is 3.97. The van der Waals surface area contributed by atoms with Gasteiger partial charge in [0.2, 0.25) is 0 Å². The Labute approximate surface area is 427 Å². The van der Waals surface area contributed by atoms with Gasteiger partial charge in [0.25, 0.3) is 0 Å². The monoisotopic (exact) mass is 933 g/mol. The van der Waals surface area contributed by atoms with Crippen LogP contribution in [-0.2, 0) is 32.5 Å². The highest BCUT2D eigenvalue weighted by molar-refractivity contribution is 6.94. The highest BCUT2D eigenvalue weighted by Gasteiger charge is 2.52. The lowest BCUT2D eigenvalue weighted by Gasteiger charge is -2.44. The summed E-state index contributed by atoms with van der Waals surface area (Å²) in [6, 6.07) is 53.6. The zero-order valence-corrected chi connectivity index (χ0v) is 44.6. The van der Waals surface area contributed by atoms with Gasteiger partial charge >= 0.3 is 6.85 Å². The van der Waals surface area contributed by atoms with E-state index >= 15 is 0 Å². The van der Waals surface area contributed by atoms with E-state index in [1.165, 1.54) is 157 Å². The molecule has 15 rings (SSSR count). The van der Waals surface area contributed by atoms with E-state index in [9.17, 15) is 0 Å². The molecule has 6 aliphatic rings. The molecule has 3 heteroatoms. The van der Waals surface area contributed by atoms with E-state index < -0.39 is 0 Å². The van der Waals surface area contributed by atoms with E-state index in [-0.39, 0.29) is 39.3 Å². The van der Waals surface area contributed by atoms with Crippen LogP contribution in [0, 0.1) is 0 Å². The molecule has 3 heterocycles. The molecule has 354 valence electrons. The lowest BCUT2D eigenvalue weighted by atomic mass is 9.43. The Hall–Kier alpha value is -6.58. The Morgan fingerprint density at radius 2 is 1.00 bits per heavy atom. The van der Waals surface area contributed by atoms with Crippen LogP contribution in [0.5, 0.6) is 0 Å². The molecule has 0 spiro atoms. The number of fused-ring (bicyclic) bond motifs is 20. The highest BCUT2D eigenvalue weighted by Crippen LogP contribution is 2.62. The van der Waals surface area contributed by atoms with Gasteiger partial charge in [0.1, 0.15) is 0 Å². The van der Waals surface area contributed by atoms with Crippen LogP contribution < -0.4 is 15.7 Å². The first-order chi connectivity index (χ1) is 34.1. The summed E-state index contributed by atoms with van der Waals surface area (Å²) in [5.74, 6) is 0. The number of rotatable bonds is 1. The van der Waals surface area contributed by atoms with E-state index in [1.807, 2.05) is 0 Å². The van der Waals surface area contributed by atoms with Crippen molar-refractivity contribution in [1.82, 2.24) is 4.57 Å². The molecule has 4 aliphatic carbocycles. The van der Waals surface area contributed by atoms with Crippen LogP contribution in [0.15, 0.2) is 133 Å². The van der Waals surface area contributed by atoms with Crippen molar-refractivity contribution in [1.29, 1.82) is 0 Å². The third-order valence-electron chi connectivity index (χ3n) is 19.7. The normalized spacial score (nSPS) is 18.7. The Balaban J connectivity index is 1.20. The first-order valence-corrected chi connectivity index (χ1v) is 26.9. The van der Waals surface area contributed by atoms with Crippen molar-refractivity contribution in [3.8, 4) is 50.2 Å². The molecule has 0 amide bonds. The van der Waals surface area contributed by atoms with Crippen molar-refractivity contribution in [2.24, 2.45) is 0 Å². The Kier molecular flexibility index (Phi) is 7.86. The minimum atomic E-state index is -0.256. The lowest BCUT2D eigenvalue weighted by Crippen LogP contribution is -2.61. The topological polar surface area (TPSA) is 8.17 Å². The maximum Gasteiger partial charge on any atom is 0.333 e. The van der Waals surface area contributed by atoms with Crippen molar-refractivity contribution in [2.45, 2.75) is 135 Å². The zero-order valence-electron chi connectivity index (χ0n) is 44.6. The first kappa shape index (κ1) is 43.0. The van der Waals surface area contributed by atoms with Crippen molar-refractivity contribution < 1.29 is 0 Å². The van der Waals surface area contributed by atoms with Crippen molar-refractivity contribution in [3.63, 3.8) is 0 Å². The number of nitrogens with zero attached hydrogens (tertiary/aromatic N) is 2. The van der Waals surface area contributed by atoms with Crippen LogP contribution in [-0.4, -0.2) is 11.4 Å². The molecule has 8 aromatic carbocycles. The summed E-state index contributed by atoms with van der Waals surface area (Å²) in [6.45, 7) is 31.8. The molecule has 2 nitrogen and oxygen atoms in total. The Morgan fingerprint density at radius 1 is 0.458 bits per heavy atom. The Bertz CT molecular complexity index is 3990. The van der Waals surface area contributed by atoms with Gasteiger partial charge in [-0.25, -0.2) is 0 Å². The standard InChI is InChI=1S/C69H65BN2/c1-64(2,3)38-26-28-39(29-27-38)72-56-35-44-41-21-15-18-24-48(41)67(8,9)50(44)32-46(56)59-58-42-22-16-19-25-49(42)69(12,13)61(58)60-45-33-52-53(66(6,7)31-30-65(52,4)5)37-55(45)71-57-36-51-43(34-54(57)70(72)62(59)63(60)71)40-20-14-17-23-47(40)68(51,10)11/h14-29,32-37H,30-31H2,1-13H3. The SMILES string of the molecule is CC(C)(C)c1ccc(N2B3c4cc5c(cc4-n4c6cc7c(cc6c6c8c(c(c3c64)-c3cc4c(cc32)-c2ccccc2C4(C)C)-c2ccccc2C8(C)C)C(C)(C)CCC7(C)C)C(C)(C)c2ccccc2-5)cc1. The summed E-state index contributed by atoms with van der Waals surface area (Å²) < 4.78 is 2.81. The number of anilines is 2. The maximum absolute atomic E-state index is 2.81. The number of hydrogen-bond acceptors (Lipinski definition) is 1. The van der Waals surface area contributed by atoms with Gasteiger partial charge in [-0.1, -0.05) is 181 Å². The maximum atomic E-state index is 2.81. The van der Waals surface area contributed by atoms with Gasteiger partial charge in [0.05, 0.1) is 11.0 Å². The molecular weight excluding hydrogens is 868 g/mol. The van der Waals surface area contributed by atoms with E-state index in [1.54, 1.807) is 0 Å². The summed E-state index contributed by atoms with van der Waals surface area (Å²) in [4.78, 5) is 2.80. The molecule has 0 saturated carbocycles. The molecule has 0 saturated heterocycles. The molecule has 0 atom stereocenters. The van der Waals surface area contributed by atoms with Gasteiger partial charge in [0, 0.05) is 49.6 Å². The summed E-state index contributed by atoms with van der Waals surface area (Å²) in [6.07, 6.45) is 2.35. The largest absolute Gasteiger partial charge is 0.376 e. The van der Waals surface area contributed by atoms with Crippen LogP contribution in [0.25, 0.3) is 72.0 Å². The van der Waals surface area contributed by atoms with E-state index in [0.29, 0.717) is 0 Å². The third kappa shape index (κ3) is 5.04. The fraction of sp³-hybridized carbons (Fsp3) is 0.304. The summed E-state index contributed by atoms with van der Waals surface area (Å²) in [5, 5.41) is 2.85. The van der Waals surface area contributed by atoms with Crippen molar-refractivity contribution in [3.05, 3.63) is 184 Å². The van der Waals surface area contributed by atoms with Gasteiger partial charge in [-0.15, -0.1) is 0 Å². The van der Waals surface area contributed by atoms with Crippen LogP contribution >= 0.6 is 0 Å². The third-order valence-corrected chi connectivity index (χ3v) is 19.7. The molecule has 0 unspecified atom stereocenters. The predicted molar refractivity (Wildman–Crippen MR) is 306 cm³/mol. The second-order valence-electron chi connectivity index (χ2n) is 26.7. The van der Waals surface area contributed by atoms with E-state index in [4.69, 9.17) is 0 Å². The molecule has 0 N–H and O–H groups in total. The molecule has 72 heavy (non-hydrogen) atoms. The smallest absolute Gasteiger partial charge is 0.333 e. The molecule has 0 fully saturated rings. The molecule has 9 aromatic rings. The second-order valence-corrected chi connectivity index (χ2v) is 26.7. The highest BCUT2D eigenvalue weighted by atomic mass is 15.1. The molecule has 0 bridgehead atoms. The molecular formula is C69H65BN2. The average molecular weight is 933 g/mol. The molecule has 0 radical (unpaired) electrons. The van der Waals surface area contributed by atoms with Crippen LogP contribution in [0.2, 0.25) is 0 Å². The lowest BCUT2D eigenvalue weighted by molar-refractivity contribution is 0.332. The zero-order chi connectivity index (χ0) is 49.7. The quantitative estimate of drug-likeness (QED) is 0.149. The molecule has 1 aromatic heterocycles. The minimum absolute atomic E-state index is 0.0232. The van der Waals surface area contributed by atoms with Gasteiger partial charge < -0.3 is 9.38 Å². The summed E-state index contributed by atoms with van der Waals surface area (Å²) >= 11 is 0. The first-order valence-electron chi connectivity index (χ1n) is 26.9. The van der Waals surface area contributed by atoms with Crippen molar-refractivity contribution >= 4 is 51.0 Å². The second kappa shape index (κ2) is 13.1. The van der Waals surface area contributed by atoms with Crippen LogP contribution in [0.1, 0.15) is 153 Å². The van der Waals surface area contributed by atoms with E-state index in [2.05, 4.69) is 233 Å². The van der Waals surface area contributed by atoms with Gasteiger partial charge in [-0.2, -0.15) is 0 Å². The van der Waals surface area contributed by atoms with E-state index in [0.717, 1.165) is 0 Å². The van der Waals surface area contributed by atoms with Crippen molar-refractivity contribution in [2.75, 3.05) is 4.81 Å². The fourth-order valence-electron chi connectivity index (χ4n) is 15.7. The minimum Gasteiger partial charge on any atom is -0.376 e. The molecule has 2 aliphatic heterocycles. The fourth-order valence-corrected chi connectivity index (χ4v) is 15.7. The number of benzene rings is 8. The van der Waals surface area contributed by atoms with Gasteiger partial charge in [-0.05, 0) is 171 Å². The summed E-state index contributed by atoms with van der Waals surface area (Å²) in [5.41, 5.74) is 33.0. The van der Waals surface area contributed by atoms with Crippen LogP contribution in [0.4, 0.5) is 11.4 Å². The van der Waals surface area contributed by atoms with Crippen LogP contribution in [0.3, 0.4) is 0 Å². The van der Waals surface area contributed by atoms with Gasteiger partial charge in [0.15, 0.2) is 0 Å².